The highest BCUT2D eigenvalue weighted by atomic mass is 79.9. The van der Waals surface area contributed by atoms with Crippen LogP contribution in [-0.4, -0.2) is 18.8 Å². The van der Waals surface area contributed by atoms with E-state index in [1.807, 2.05) is 6.92 Å². The van der Waals surface area contributed by atoms with Crippen LogP contribution in [0.1, 0.15) is 18.9 Å². The van der Waals surface area contributed by atoms with Crippen molar-refractivity contribution in [3.05, 3.63) is 33.8 Å². The van der Waals surface area contributed by atoms with E-state index in [9.17, 15) is 8.78 Å². The van der Waals surface area contributed by atoms with E-state index in [0.29, 0.717) is 6.61 Å². The normalized spacial score (nSPS) is 24.2. The summed E-state index contributed by atoms with van der Waals surface area (Å²) in [4.78, 5) is 0. The molecule has 94 valence electrons. The minimum atomic E-state index is -0.538. The molecule has 0 amide bonds. The molecule has 1 aromatic rings. The van der Waals surface area contributed by atoms with Gasteiger partial charge in [-0.2, -0.15) is 0 Å². The Morgan fingerprint density at radius 1 is 1.47 bits per heavy atom. The molecule has 0 aromatic heterocycles. The van der Waals surface area contributed by atoms with Crippen molar-refractivity contribution in [2.45, 2.75) is 32.0 Å². The third-order valence-corrected chi connectivity index (χ3v) is 3.67. The third-order valence-electron chi connectivity index (χ3n) is 3.06. The minimum absolute atomic E-state index is 0.0680. The molecule has 5 heteroatoms. The second kappa shape index (κ2) is 5.42. The number of halogens is 3. The summed E-state index contributed by atoms with van der Waals surface area (Å²) in [5.41, 5.74) is 0.0680. The zero-order chi connectivity index (χ0) is 12.4. The molecule has 1 aliphatic rings. The van der Waals surface area contributed by atoms with Crippen molar-refractivity contribution in [1.82, 2.24) is 5.32 Å². The van der Waals surface area contributed by atoms with Crippen LogP contribution in [0.3, 0.4) is 0 Å². The Bertz CT molecular complexity index is 414. The van der Waals surface area contributed by atoms with Crippen LogP contribution >= 0.6 is 15.9 Å². The van der Waals surface area contributed by atoms with E-state index in [1.165, 1.54) is 12.1 Å². The number of nitrogens with one attached hydrogen (secondary N) is 1. The van der Waals surface area contributed by atoms with E-state index < -0.39 is 11.6 Å². The summed E-state index contributed by atoms with van der Waals surface area (Å²) in [6.07, 6.45) is 0.964. The Kier molecular flexibility index (Phi) is 4.12. The average Bonchev–Trinajstić information content (AvgIpc) is 2.70. The lowest BCUT2D eigenvalue weighted by molar-refractivity contribution is 0.113. The van der Waals surface area contributed by atoms with Gasteiger partial charge >= 0.3 is 0 Å². The highest BCUT2D eigenvalue weighted by Gasteiger charge is 2.24. The predicted molar refractivity (Wildman–Crippen MR) is 64.7 cm³/mol. The van der Waals surface area contributed by atoms with Crippen LogP contribution in [-0.2, 0) is 11.3 Å². The highest BCUT2D eigenvalue weighted by Crippen LogP contribution is 2.22. The monoisotopic (exact) mass is 305 g/mol. The van der Waals surface area contributed by atoms with Crippen LogP contribution in [0.25, 0.3) is 0 Å². The van der Waals surface area contributed by atoms with Crippen molar-refractivity contribution >= 4 is 15.9 Å². The highest BCUT2D eigenvalue weighted by molar-refractivity contribution is 9.10. The molecule has 1 aliphatic heterocycles. The van der Waals surface area contributed by atoms with E-state index in [1.54, 1.807) is 0 Å². The van der Waals surface area contributed by atoms with Crippen LogP contribution < -0.4 is 5.32 Å². The molecule has 0 bridgehead atoms. The molecule has 2 rings (SSSR count). The van der Waals surface area contributed by atoms with Crippen LogP contribution in [0, 0.1) is 11.6 Å². The Balaban J connectivity index is 2.06. The quantitative estimate of drug-likeness (QED) is 0.867. The summed E-state index contributed by atoms with van der Waals surface area (Å²) in [6.45, 7) is 2.83. The van der Waals surface area contributed by atoms with Crippen LogP contribution in [0.4, 0.5) is 8.78 Å². The molecule has 1 saturated heterocycles. The van der Waals surface area contributed by atoms with Crippen molar-refractivity contribution in [3.63, 3.8) is 0 Å². The molecule has 1 N–H and O–H groups in total. The van der Waals surface area contributed by atoms with Gasteiger partial charge in [0.1, 0.15) is 11.6 Å². The Morgan fingerprint density at radius 3 is 2.88 bits per heavy atom. The zero-order valence-corrected chi connectivity index (χ0v) is 11.1. The molecule has 1 fully saturated rings. The molecule has 0 radical (unpaired) electrons. The standard InChI is InChI=1S/C12H14BrF2NO/c1-7-11(4-5-17-7)16-6-8-10(14)3-2-9(13)12(8)15/h2-3,7,11,16H,4-6H2,1H3. The van der Waals surface area contributed by atoms with Gasteiger partial charge in [0.05, 0.1) is 10.6 Å². The fourth-order valence-corrected chi connectivity index (χ4v) is 2.34. The first-order chi connectivity index (χ1) is 8.09. The third kappa shape index (κ3) is 2.84. The first kappa shape index (κ1) is 12.9. The summed E-state index contributed by atoms with van der Waals surface area (Å²) >= 11 is 3.05. The largest absolute Gasteiger partial charge is 0.377 e. The predicted octanol–water partition coefficient (Wildman–Crippen LogP) is 2.99. The summed E-state index contributed by atoms with van der Waals surface area (Å²) in [5, 5.41) is 3.13. The minimum Gasteiger partial charge on any atom is -0.377 e. The fourth-order valence-electron chi connectivity index (χ4n) is 1.96. The first-order valence-corrected chi connectivity index (χ1v) is 6.36. The second-order valence-corrected chi connectivity index (χ2v) is 5.03. The van der Waals surface area contributed by atoms with Gasteiger partial charge in [0, 0.05) is 24.8 Å². The van der Waals surface area contributed by atoms with E-state index in [-0.39, 0.29) is 28.7 Å². The molecule has 1 aromatic carbocycles. The molecule has 0 aliphatic carbocycles. The van der Waals surface area contributed by atoms with Crippen LogP contribution in [0.15, 0.2) is 16.6 Å². The molecule has 0 saturated carbocycles. The van der Waals surface area contributed by atoms with Gasteiger partial charge in [-0.3, -0.25) is 0 Å². The van der Waals surface area contributed by atoms with Gasteiger partial charge in [-0.05, 0) is 41.4 Å². The smallest absolute Gasteiger partial charge is 0.144 e. The summed E-state index contributed by atoms with van der Waals surface area (Å²) in [6, 6.07) is 2.79. The molecule has 17 heavy (non-hydrogen) atoms. The summed E-state index contributed by atoms with van der Waals surface area (Å²) in [7, 11) is 0. The van der Waals surface area contributed by atoms with E-state index in [4.69, 9.17) is 4.74 Å². The lowest BCUT2D eigenvalue weighted by Gasteiger charge is -2.16. The molecule has 2 unspecified atom stereocenters. The van der Waals surface area contributed by atoms with Crippen LogP contribution in [0.2, 0.25) is 0 Å². The van der Waals surface area contributed by atoms with Gasteiger partial charge < -0.3 is 10.1 Å². The zero-order valence-electron chi connectivity index (χ0n) is 9.47. The fraction of sp³-hybridized carbons (Fsp3) is 0.500. The van der Waals surface area contributed by atoms with Gasteiger partial charge in [-0.15, -0.1) is 0 Å². The Hall–Kier alpha value is -0.520. The van der Waals surface area contributed by atoms with Crippen molar-refractivity contribution in [2.24, 2.45) is 0 Å². The van der Waals surface area contributed by atoms with Crippen LogP contribution in [0.5, 0.6) is 0 Å². The molecule has 1 heterocycles. The molecule has 2 atom stereocenters. The number of rotatable bonds is 3. The summed E-state index contributed by atoms with van der Waals surface area (Å²) in [5.74, 6) is -1.06. The molecule has 0 spiro atoms. The SMILES string of the molecule is CC1OCCC1NCc1c(F)ccc(Br)c1F. The van der Waals surface area contributed by atoms with E-state index in [2.05, 4.69) is 21.2 Å². The van der Waals surface area contributed by atoms with Gasteiger partial charge in [0.25, 0.3) is 0 Å². The maximum atomic E-state index is 13.7. The maximum absolute atomic E-state index is 13.7. The Labute approximate surface area is 107 Å². The van der Waals surface area contributed by atoms with E-state index >= 15 is 0 Å². The lowest BCUT2D eigenvalue weighted by Crippen LogP contribution is -2.34. The lowest BCUT2D eigenvalue weighted by atomic mass is 10.1. The van der Waals surface area contributed by atoms with Gasteiger partial charge in [0.15, 0.2) is 0 Å². The number of benzene rings is 1. The van der Waals surface area contributed by atoms with E-state index in [0.717, 1.165) is 6.42 Å². The number of ether oxygens (including phenoxy) is 1. The van der Waals surface area contributed by atoms with Crippen molar-refractivity contribution in [2.75, 3.05) is 6.61 Å². The molecular formula is C12H14BrF2NO. The number of hydrogen-bond donors (Lipinski definition) is 1. The molecular weight excluding hydrogens is 292 g/mol. The van der Waals surface area contributed by atoms with Gasteiger partial charge in [-0.1, -0.05) is 0 Å². The van der Waals surface area contributed by atoms with Crippen molar-refractivity contribution in [1.29, 1.82) is 0 Å². The van der Waals surface area contributed by atoms with Crippen molar-refractivity contribution < 1.29 is 13.5 Å². The number of hydrogen-bond acceptors (Lipinski definition) is 2. The first-order valence-electron chi connectivity index (χ1n) is 5.57. The average molecular weight is 306 g/mol. The Morgan fingerprint density at radius 2 is 2.24 bits per heavy atom. The van der Waals surface area contributed by atoms with Gasteiger partial charge in [0.2, 0.25) is 0 Å². The summed E-state index contributed by atoms with van der Waals surface area (Å²) < 4.78 is 32.8. The van der Waals surface area contributed by atoms with Gasteiger partial charge in [-0.25, -0.2) is 8.78 Å². The van der Waals surface area contributed by atoms with Crippen molar-refractivity contribution in [3.8, 4) is 0 Å². The maximum Gasteiger partial charge on any atom is 0.144 e. The molecule has 2 nitrogen and oxygen atoms in total. The second-order valence-electron chi connectivity index (χ2n) is 4.17. The topological polar surface area (TPSA) is 21.3 Å².